The van der Waals surface area contributed by atoms with Crippen LogP contribution >= 0.6 is 0 Å². The number of fused-ring (bicyclic) bond motifs is 1. The van der Waals surface area contributed by atoms with E-state index in [9.17, 15) is 18.0 Å². The molecule has 0 saturated heterocycles. The van der Waals surface area contributed by atoms with Crippen molar-refractivity contribution in [3.63, 3.8) is 0 Å². The number of amides is 1. The summed E-state index contributed by atoms with van der Waals surface area (Å²) in [5.74, 6) is -0.844. The molecule has 0 aliphatic heterocycles. The molecule has 0 aliphatic rings. The number of halogens is 3. The maximum Gasteiger partial charge on any atom is 0.416 e. The normalized spacial score (nSPS) is 12.6. The number of hydrogen-bond acceptors (Lipinski definition) is 2. The van der Waals surface area contributed by atoms with Crippen LogP contribution in [0, 0.1) is 6.92 Å². The molecule has 0 aliphatic carbocycles. The third-order valence-electron chi connectivity index (χ3n) is 5.45. The predicted octanol–water partition coefficient (Wildman–Crippen LogP) is 5.50. The molecule has 4 rings (SSSR count). The molecule has 164 valence electrons. The molecule has 1 N–H and O–H groups in total. The molecule has 1 unspecified atom stereocenters. The van der Waals surface area contributed by atoms with Crippen LogP contribution in [0.2, 0.25) is 0 Å². The van der Waals surface area contributed by atoms with E-state index in [4.69, 9.17) is 0 Å². The fraction of sp³-hybridized carbons (Fsp3) is 0.200. The Morgan fingerprint density at radius 3 is 2.53 bits per heavy atom. The summed E-state index contributed by atoms with van der Waals surface area (Å²) in [6.45, 7) is 2.25. The average molecular weight is 437 g/mol. The Morgan fingerprint density at radius 2 is 1.78 bits per heavy atom. The van der Waals surface area contributed by atoms with Gasteiger partial charge in [0.2, 0.25) is 5.91 Å². The summed E-state index contributed by atoms with van der Waals surface area (Å²) in [5.41, 5.74) is 2.86. The number of carbonyl (C=O) groups is 1. The van der Waals surface area contributed by atoms with Gasteiger partial charge in [-0.25, -0.2) is 4.98 Å². The Hall–Kier alpha value is -3.61. The first-order valence-corrected chi connectivity index (χ1v) is 10.2. The summed E-state index contributed by atoms with van der Waals surface area (Å²) in [6.07, 6.45) is -2.83. The van der Waals surface area contributed by atoms with Gasteiger partial charge in [-0.3, -0.25) is 4.79 Å². The predicted molar refractivity (Wildman–Crippen MR) is 116 cm³/mol. The number of aryl methyl sites for hydroxylation is 1. The highest BCUT2D eigenvalue weighted by Gasteiger charge is 2.32. The molecule has 2 aromatic heterocycles. The van der Waals surface area contributed by atoms with Gasteiger partial charge in [0.05, 0.1) is 11.3 Å². The van der Waals surface area contributed by atoms with Crippen LogP contribution in [0.5, 0.6) is 0 Å². The van der Waals surface area contributed by atoms with Crippen molar-refractivity contribution in [3.05, 3.63) is 107 Å². The summed E-state index contributed by atoms with van der Waals surface area (Å²) < 4.78 is 42.0. The van der Waals surface area contributed by atoms with Gasteiger partial charge in [-0.15, -0.1) is 0 Å². The number of nitrogens with one attached hydrogen (secondary N) is 1. The Labute approximate surface area is 183 Å². The molecule has 2 heterocycles. The molecule has 4 aromatic rings. The average Bonchev–Trinajstić information content (AvgIpc) is 3.21. The van der Waals surface area contributed by atoms with Crippen LogP contribution in [0.15, 0.2) is 79.0 Å². The highest BCUT2D eigenvalue weighted by atomic mass is 19.4. The Bertz CT molecular complexity index is 1230. The van der Waals surface area contributed by atoms with Crippen molar-refractivity contribution in [1.82, 2.24) is 14.7 Å². The van der Waals surface area contributed by atoms with Crippen LogP contribution in [-0.4, -0.2) is 15.3 Å². The molecule has 0 spiro atoms. The number of imidazole rings is 1. The van der Waals surface area contributed by atoms with Gasteiger partial charge in [-0.05, 0) is 36.2 Å². The largest absolute Gasteiger partial charge is 0.416 e. The van der Waals surface area contributed by atoms with E-state index >= 15 is 0 Å². The zero-order valence-corrected chi connectivity index (χ0v) is 17.4. The molecule has 4 nitrogen and oxygen atoms in total. The van der Waals surface area contributed by atoms with Crippen molar-refractivity contribution in [2.24, 2.45) is 0 Å². The molecular weight excluding hydrogens is 415 g/mol. The highest BCUT2D eigenvalue weighted by Crippen LogP contribution is 2.34. The SMILES string of the molecule is Cc1cccc2ncc(C(CC(=O)NCc3ccccc3)c3cccc(C(F)(F)F)c3)n12. The molecule has 32 heavy (non-hydrogen) atoms. The van der Waals surface area contributed by atoms with Gasteiger partial charge in [0.1, 0.15) is 5.65 Å². The summed E-state index contributed by atoms with van der Waals surface area (Å²) in [7, 11) is 0. The van der Waals surface area contributed by atoms with Crippen LogP contribution in [0.3, 0.4) is 0 Å². The van der Waals surface area contributed by atoms with Gasteiger partial charge in [-0.1, -0.05) is 54.6 Å². The van der Waals surface area contributed by atoms with Crippen LogP contribution in [0.1, 0.15) is 40.4 Å². The van der Waals surface area contributed by atoms with E-state index in [0.29, 0.717) is 23.4 Å². The maximum atomic E-state index is 13.4. The lowest BCUT2D eigenvalue weighted by Crippen LogP contribution is -2.25. The second kappa shape index (κ2) is 8.86. The Balaban J connectivity index is 1.69. The number of aromatic nitrogens is 2. The second-order valence-corrected chi connectivity index (χ2v) is 7.69. The zero-order chi connectivity index (χ0) is 22.7. The van der Waals surface area contributed by atoms with Crippen molar-refractivity contribution in [2.45, 2.75) is 32.0 Å². The van der Waals surface area contributed by atoms with Crippen molar-refractivity contribution in [1.29, 1.82) is 0 Å². The van der Waals surface area contributed by atoms with Crippen LogP contribution in [0.25, 0.3) is 5.65 Å². The number of rotatable bonds is 6. The zero-order valence-electron chi connectivity index (χ0n) is 17.4. The fourth-order valence-corrected chi connectivity index (χ4v) is 3.85. The van der Waals surface area contributed by atoms with Crippen molar-refractivity contribution >= 4 is 11.6 Å². The van der Waals surface area contributed by atoms with Crippen LogP contribution in [0.4, 0.5) is 13.2 Å². The van der Waals surface area contributed by atoms with E-state index in [0.717, 1.165) is 23.4 Å². The summed E-state index contributed by atoms with van der Waals surface area (Å²) in [6, 6.07) is 20.2. The first kappa shape index (κ1) is 21.6. The smallest absolute Gasteiger partial charge is 0.352 e. The van der Waals surface area contributed by atoms with Crippen LogP contribution in [-0.2, 0) is 17.5 Å². The number of pyridine rings is 1. The summed E-state index contributed by atoms with van der Waals surface area (Å²) in [5, 5.41) is 2.88. The molecule has 1 amide bonds. The monoisotopic (exact) mass is 437 g/mol. The second-order valence-electron chi connectivity index (χ2n) is 7.69. The molecule has 0 saturated carbocycles. The highest BCUT2D eigenvalue weighted by molar-refractivity contribution is 5.77. The number of nitrogens with zero attached hydrogens (tertiary/aromatic N) is 2. The molecule has 7 heteroatoms. The van der Waals surface area contributed by atoms with Crippen LogP contribution < -0.4 is 5.32 Å². The minimum atomic E-state index is -4.47. The third-order valence-corrected chi connectivity index (χ3v) is 5.45. The maximum absolute atomic E-state index is 13.4. The molecule has 0 radical (unpaired) electrons. The van der Waals surface area contributed by atoms with Gasteiger partial charge in [0.25, 0.3) is 0 Å². The molecule has 1 atom stereocenters. The molecule has 0 bridgehead atoms. The lowest BCUT2D eigenvalue weighted by molar-refractivity contribution is -0.137. The molecular formula is C25H22F3N3O. The van der Waals surface area contributed by atoms with Crippen molar-refractivity contribution in [2.75, 3.05) is 0 Å². The topological polar surface area (TPSA) is 46.4 Å². The van der Waals surface area contributed by atoms with Gasteiger partial charge in [-0.2, -0.15) is 13.2 Å². The number of hydrogen-bond donors (Lipinski definition) is 1. The lowest BCUT2D eigenvalue weighted by Gasteiger charge is -2.19. The van der Waals surface area contributed by atoms with E-state index in [2.05, 4.69) is 10.3 Å². The number of alkyl halides is 3. The van der Waals surface area contributed by atoms with E-state index in [1.54, 1.807) is 12.3 Å². The van der Waals surface area contributed by atoms with Crippen molar-refractivity contribution in [3.8, 4) is 0 Å². The quantitative estimate of drug-likeness (QED) is 0.433. The Morgan fingerprint density at radius 1 is 1.03 bits per heavy atom. The number of carbonyl (C=O) groups excluding carboxylic acids is 1. The van der Waals surface area contributed by atoms with E-state index < -0.39 is 17.7 Å². The van der Waals surface area contributed by atoms with E-state index in [1.165, 1.54) is 6.07 Å². The lowest BCUT2D eigenvalue weighted by atomic mass is 9.91. The summed E-state index contributed by atoms with van der Waals surface area (Å²) >= 11 is 0. The summed E-state index contributed by atoms with van der Waals surface area (Å²) in [4.78, 5) is 17.2. The van der Waals surface area contributed by atoms with E-state index in [-0.39, 0.29) is 12.3 Å². The van der Waals surface area contributed by atoms with E-state index in [1.807, 2.05) is 59.9 Å². The number of benzene rings is 2. The van der Waals surface area contributed by atoms with Gasteiger partial charge < -0.3 is 9.72 Å². The molecule has 2 aromatic carbocycles. The molecule has 0 fully saturated rings. The third kappa shape index (κ3) is 4.66. The minimum Gasteiger partial charge on any atom is -0.352 e. The first-order chi connectivity index (χ1) is 15.3. The van der Waals surface area contributed by atoms with Gasteiger partial charge >= 0.3 is 6.18 Å². The first-order valence-electron chi connectivity index (χ1n) is 10.2. The van der Waals surface area contributed by atoms with Crippen molar-refractivity contribution < 1.29 is 18.0 Å². The van der Waals surface area contributed by atoms with Gasteiger partial charge in [0.15, 0.2) is 0 Å². The minimum absolute atomic E-state index is 0.00370. The van der Waals surface area contributed by atoms with Gasteiger partial charge in [0, 0.05) is 30.8 Å². The standard InChI is InChI=1S/C25H22F3N3O/c1-17-7-5-12-23-29-16-22(31(17)23)21(19-10-6-11-20(13-19)25(26,27)28)14-24(32)30-15-18-8-3-2-4-9-18/h2-13,16,21H,14-15H2,1H3,(H,30,32). The fourth-order valence-electron chi connectivity index (χ4n) is 3.85. The Kier molecular flexibility index (Phi) is 5.99.